The van der Waals surface area contributed by atoms with Gasteiger partial charge >= 0.3 is 0 Å². The topological polar surface area (TPSA) is 8.17 Å². The Labute approximate surface area is 422 Å². The van der Waals surface area contributed by atoms with Crippen LogP contribution in [0.2, 0.25) is 0 Å². The fourth-order valence-corrected chi connectivity index (χ4v) is 11.5. The third kappa shape index (κ3) is 9.42. The molecule has 2 nitrogen and oxygen atoms in total. The van der Waals surface area contributed by atoms with Crippen molar-refractivity contribution in [2.45, 2.75) is 115 Å². The van der Waals surface area contributed by atoms with Crippen LogP contribution in [0.4, 0.5) is 11.4 Å². The molecule has 1 unspecified atom stereocenters. The lowest BCUT2D eigenvalue weighted by Crippen LogP contribution is -2.21. The summed E-state index contributed by atoms with van der Waals surface area (Å²) in [4.78, 5) is 2.31. The number of hydrogen-bond acceptors (Lipinski definition) is 1. The van der Waals surface area contributed by atoms with Gasteiger partial charge in [-0.05, 0) is 166 Å². The monoisotopic (exact) mass is 923 g/mol. The fraction of sp³-hybridized carbons (Fsp3) is 0.265. The Balaban J connectivity index is 0.000000196. The van der Waals surface area contributed by atoms with E-state index in [1.165, 1.54) is 99.7 Å². The molecule has 70 heavy (non-hydrogen) atoms. The Morgan fingerprint density at radius 2 is 1.40 bits per heavy atom. The van der Waals surface area contributed by atoms with Crippen LogP contribution in [0, 0.1) is 40.5 Å². The summed E-state index contributed by atoms with van der Waals surface area (Å²) in [6.45, 7) is 50.4. The number of anilines is 2. The van der Waals surface area contributed by atoms with Crippen LogP contribution in [0.3, 0.4) is 0 Å². The van der Waals surface area contributed by atoms with Crippen molar-refractivity contribution < 1.29 is 0 Å². The van der Waals surface area contributed by atoms with Gasteiger partial charge in [0.25, 0.3) is 0 Å². The number of benzene rings is 5. The van der Waals surface area contributed by atoms with Gasteiger partial charge < -0.3 is 9.47 Å². The largest absolute Gasteiger partial charge is 0.341 e. The van der Waals surface area contributed by atoms with Crippen molar-refractivity contribution in [3.63, 3.8) is 0 Å². The molecule has 2 aliphatic rings. The summed E-state index contributed by atoms with van der Waals surface area (Å²) < 4.78 is 2.40. The van der Waals surface area contributed by atoms with Crippen LogP contribution < -0.4 is 4.90 Å². The number of aromatic nitrogens is 1. The third-order valence-corrected chi connectivity index (χ3v) is 14.6. The molecule has 0 fully saturated rings. The molecule has 0 saturated heterocycles. The summed E-state index contributed by atoms with van der Waals surface area (Å²) >= 11 is 0. The Bertz CT molecular complexity index is 3170. The van der Waals surface area contributed by atoms with E-state index < -0.39 is 0 Å². The molecule has 5 aromatic carbocycles. The molecule has 6 aromatic rings. The highest BCUT2D eigenvalue weighted by molar-refractivity contribution is 6.09. The van der Waals surface area contributed by atoms with E-state index >= 15 is 0 Å². The fourth-order valence-electron chi connectivity index (χ4n) is 11.5. The number of allylic oxidation sites excluding steroid dienone is 12. The molecule has 8 rings (SSSR count). The predicted octanol–water partition coefficient (Wildman–Crippen LogP) is 19.8. The SMILES string of the molecule is C=C/C=C(\C=C)N(c1cc2c(c(C=C)c1C=C)-c1ccc(C)cc1C2(C)C)c1c(C)cc(C)cc1C.C=CC1=C(/C=C\C)C(CC)=C(/C(C)=C\C)C1CC.CCn1c2ccccc2c2cccc(C)c21. The highest BCUT2D eigenvalue weighted by atomic mass is 15.2. The molecule has 2 heteroatoms. The first-order valence-corrected chi connectivity index (χ1v) is 25.3. The minimum Gasteiger partial charge on any atom is -0.341 e. The maximum Gasteiger partial charge on any atom is 0.0543 e. The van der Waals surface area contributed by atoms with Crippen molar-refractivity contribution in [3.05, 3.63) is 238 Å². The summed E-state index contributed by atoms with van der Waals surface area (Å²) in [5, 5.41) is 2.74. The van der Waals surface area contributed by atoms with Gasteiger partial charge in [-0.25, -0.2) is 0 Å². The van der Waals surface area contributed by atoms with E-state index in [1.54, 1.807) is 0 Å². The zero-order valence-corrected chi connectivity index (χ0v) is 44.8. The Morgan fingerprint density at radius 1 is 0.729 bits per heavy atom. The zero-order valence-electron chi connectivity index (χ0n) is 44.8. The average Bonchev–Trinajstić information content (AvgIpc) is 3.93. The second-order valence-electron chi connectivity index (χ2n) is 19.3. The minimum absolute atomic E-state index is 0.150. The van der Waals surface area contributed by atoms with Gasteiger partial charge in [0.1, 0.15) is 0 Å². The summed E-state index contributed by atoms with van der Waals surface area (Å²) in [6, 6.07) is 28.8. The average molecular weight is 923 g/mol. The summed E-state index contributed by atoms with van der Waals surface area (Å²) in [5.41, 5.74) is 26.7. The van der Waals surface area contributed by atoms with Crippen molar-refractivity contribution in [3.8, 4) is 11.1 Å². The van der Waals surface area contributed by atoms with Crippen LogP contribution in [0.25, 0.3) is 45.1 Å². The second-order valence-corrected chi connectivity index (χ2v) is 19.3. The molecule has 1 heterocycles. The van der Waals surface area contributed by atoms with Crippen LogP contribution in [-0.4, -0.2) is 4.57 Å². The molecular weight excluding hydrogens is 845 g/mol. The molecule has 0 spiro atoms. The van der Waals surface area contributed by atoms with E-state index in [0.29, 0.717) is 5.92 Å². The molecular formula is C68H78N2. The van der Waals surface area contributed by atoms with Gasteiger partial charge in [-0.1, -0.05) is 187 Å². The summed E-state index contributed by atoms with van der Waals surface area (Å²) in [5.74, 6) is 0.528. The van der Waals surface area contributed by atoms with Gasteiger partial charge in [-0.3, -0.25) is 0 Å². The molecule has 1 aromatic heterocycles. The highest BCUT2D eigenvalue weighted by Crippen LogP contribution is 2.54. The molecule has 1 atom stereocenters. The number of para-hydroxylation sites is 2. The number of nitrogens with zero attached hydrogens (tertiary/aromatic N) is 2. The molecule has 0 saturated carbocycles. The minimum atomic E-state index is -0.150. The van der Waals surface area contributed by atoms with Gasteiger partial charge in [0.15, 0.2) is 0 Å². The maximum atomic E-state index is 4.26. The lowest BCUT2D eigenvalue weighted by atomic mass is 9.80. The van der Waals surface area contributed by atoms with Gasteiger partial charge in [-0.15, -0.1) is 0 Å². The van der Waals surface area contributed by atoms with Gasteiger partial charge in [-0.2, -0.15) is 0 Å². The zero-order chi connectivity index (χ0) is 51.2. The van der Waals surface area contributed by atoms with E-state index in [4.69, 9.17) is 0 Å². The number of hydrogen-bond donors (Lipinski definition) is 0. The third-order valence-electron chi connectivity index (χ3n) is 14.6. The first kappa shape index (κ1) is 52.5. The Morgan fingerprint density at radius 3 is 1.97 bits per heavy atom. The molecule has 2 aliphatic carbocycles. The van der Waals surface area contributed by atoms with Crippen LogP contribution in [0.5, 0.6) is 0 Å². The Hall–Kier alpha value is -6.90. The van der Waals surface area contributed by atoms with Crippen molar-refractivity contribution in [1.29, 1.82) is 0 Å². The van der Waals surface area contributed by atoms with Gasteiger partial charge in [0.05, 0.1) is 16.9 Å². The van der Waals surface area contributed by atoms with E-state index in [-0.39, 0.29) is 5.41 Å². The number of rotatable bonds is 13. The van der Waals surface area contributed by atoms with Gasteiger partial charge in [0.2, 0.25) is 0 Å². The molecule has 0 aliphatic heterocycles. The summed E-state index contributed by atoms with van der Waals surface area (Å²) in [6.07, 6.45) is 20.6. The predicted molar refractivity (Wildman–Crippen MR) is 313 cm³/mol. The highest BCUT2D eigenvalue weighted by Gasteiger charge is 2.39. The molecule has 0 amide bonds. The number of fused-ring (bicyclic) bond motifs is 6. The van der Waals surface area contributed by atoms with Gasteiger partial charge in [0, 0.05) is 45.4 Å². The van der Waals surface area contributed by atoms with E-state index in [0.717, 1.165) is 47.6 Å². The van der Waals surface area contributed by atoms with Crippen LogP contribution >= 0.6 is 0 Å². The Kier molecular flexibility index (Phi) is 16.7. The van der Waals surface area contributed by atoms with Crippen LogP contribution in [-0.2, 0) is 12.0 Å². The second kappa shape index (κ2) is 22.2. The lowest BCUT2D eigenvalue weighted by molar-refractivity contribution is 0.659. The quantitative estimate of drug-likeness (QED) is 0.105. The molecule has 360 valence electrons. The lowest BCUT2D eigenvalue weighted by Gasteiger charge is -2.33. The molecule has 0 bridgehead atoms. The maximum absolute atomic E-state index is 4.26. The first-order valence-electron chi connectivity index (χ1n) is 25.3. The normalized spacial score (nSPS) is 15.1. The molecule has 0 N–H and O–H groups in total. The van der Waals surface area contributed by atoms with E-state index in [1.807, 2.05) is 30.4 Å². The smallest absolute Gasteiger partial charge is 0.0543 e. The first-order chi connectivity index (χ1) is 33.6. The van der Waals surface area contributed by atoms with E-state index in [2.05, 4.69) is 236 Å². The van der Waals surface area contributed by atoms with Crippen molar-refractivity contribution in [2.24, 2.45) is 5.92 Å². The number of aryl methyl sites for hydroxylation is 6. The van der Waals surface area contributed by atoms with Crippen molar-refractivity contribution in [1.82, 2.24) is 4.57 Å². The standard InChI is InChI=1S/C35H37N.C18H26.C15H15N/c1-11-15-26(12-2)36(34-24(7)18-23(6)19-25(34)8)32-21-31-33(28(14-4)27(32)13-3)29-17-16-22(5)20-30(29)35(31,9)10;1-7-12-17-14(9-3)15(10-4)18(13(6)8-2)16(17)11-5;1-3-16-14-10-5-4-8-12(14)13-9-6-7-11(2)15(13)16/h11-21H,1-4H2,5-10H3;7-9,12,15H,3,10-11H2,1-2,4-6H3;4-10H,3H2,1-2H3/b26-15+;12-7-,13-8-;. The van der Waals surface area contributed by atoms with Crippen molar-refractivity contribution >= 4 is 45.3 Å². The van der Waals surface area contributed by atoms with E-state index in [9.17, 15) is 0 Å². The molecule has 0 radical (unpaired) electrons. The van der Waals surface area contributed by atoms with Crippen molar-refractivity contribution in [2.75, 3.05) is 4.90 Å². The van der Waals surface area contributed by atoms with Crippen LogP contribution in [0.1, 0.15) is 118 Å². The summed E-state index contributed by atoms with van der Waals surface area (Å²) in [7, 11) is 0. The van der Waals surface area contributed by atoms with Crippen LogP contribution in [0.15, 0.2) is 188 Å².